The van der Waals surface area contributed by atoms with Gasteiger partial charge in [0.15, 0.2) is 36.6 Å². The van der Waals surface area contributed by atoms with Crippen LogP contribution < -0.4 is 0 Å². The Bertz CT molecular complexity index is 1660. The van der Waals surface area contributed by atoms with Crippen molar-refractivity contribution in [2.24, 2.45) is 11.3 Å². The Morgan fingerprint density at radius 1 is 0.578 bits per heavy atom. The normalized spacial score (nSPS) is 26.1. The quantitative estimate of drug-likeness (QED) is 0.0693. The van der Waals surface area contributed by atoms with Gasteiger partial charge < -0.3 is 52.1 Å². The van der Waals surface area contributed by atoms with Crippen LogP contribution in [0, 0.1) is 11.3 Å². The second-order valence-corrected chi connectivity index (χ2v) is 17.5. The minimum absolute atomic E-state index is 0.124. The van der Waals surface area contributed by atoms with E-state index in [1.54, 1.807) is 27.7 Å². The lowest BCUT2D eigenvalue weighted by molar-refractivity contribution is -0.321. The van der Waals surface area contributed by atoms with E-state index in [0.717, 1.165) is 48.5 Å². The molecule has 0 amide bonds. The third-order valence-corrected chi connectivity index (χ3v) is 11.1. The van der Waals surface area contributed by atoms with Gasteiger partial charge in [-0.3, -0.25) is 38.4 Å². The largest absolute Gasteiger partial charge is 0.459 e. The summed E-state index contributed by atoms with van der Waals surface area (Å²) in [6.07, 6.45) is -14.3. The fraction of sp³-hybridized carbons (Fsp3) is 0.814. The lowest BCUT2D eigenvalue weighted by Crippen LogP contribution is -2.68. The second kappa shape index (κ2) is 23.7. The topological polar surface area (TPSA) is 257 Å². The number of hydrogen-bond acceptors (Lipinski definition) is 21. The maximum Gasteiger partial charge on any atom is 0.348 e. The van der Waals surface area contributed by atoms with Gasteiger partial charge >= 0.3 is 47.8 Å². The Kier molecular flexibility index (Phi) is 20.6. The van der Waals surface area contributed by atoms with Gasteiger partial charge in [0, 0.05) is 48.5 Å². The van der Waals surface area contributed by atoms with Crippen molar-refractivity contribution in [3.8, 4) is 0 Å². The average Bonchev–Trinajstić information content (AvgIpc) is 3.14. The molecule has 0 aromatic rings. The Labute approximate surface area is 374 Å². The van der Waals surface area contributed by atoms with Gasteiger partial charge in [-0.1, -0.05) is 20.8 Å². The summed E-state index contributed by atoms with van der Waals surface area (Å²) >= 11 is 0. The molecule has 2 rings (SSSR count). The van der Waals surface area contributed by atoms with Crippen LogP contribution in [0.15, 0.2) is 0 Å². The monoisotopic (exact) mass is 920 g/mol. The van der Waals surface area contributed by atoms with Crippen LogP contribution in [0.3, 0.4) is 0 Å². The van der Waals surface area contributed by atoms with Crippen LogP contribution in [-0.2, 0) is 100 Å². The summed E-state index contributed by atoms with van der Waals surface area (Å²) in [5.41, 5.74) is -4.07. The van der Waals surface area contributed by atoms with E-state index in [9.17, 15) is 38.4 Å². The standard InChI is InChI=1S/C43H68O21/c1-17-43(16,39-37(61-29(11)50)34(58-26(8)47)30(18-53-39)56-24(6)45)63-31-19-52-38(36(60-28(10)49)35(31)59-27(9)48)42(14,15)62-32(20-54-64-40(51)41(12,13)21(2)3)33(57-25(7)46)22(4)55-23(5)44/h21-22,30-39H,17-20H2,1-16H3. The summed E-state index contributed by atoms with van der Waals surface area (Å²) in [5, 5.41) is 0. The van der Waals surface area contributed by atoms with Crippen molar-refractivity contribution in [3.63, 3.8) is 0 Å². The van der Waals surface area contributed by atoms with Gasteiger partial charge in [-0.25, -0.2) is 4.79 Å². The lowest BCUT2D eigenvalue weighted by atomic mass is 9.81. The molecule has 2 heterocycles. The Hall–Kier alpha value is -4.44. The predicted octanol–water partition coefficient (Wildman–Crippen LogP) is 3.20. The van der Waals surface area contributed by atoms with Crippen molar-refractivity contribution in [1.82, 2.24) is 0 Å². The van der Waals surface area contributed by atoms with Crippen molar-refractivity contribution < 1.29 is 100 Å². The summed E-state index contributed by atoms with van der Waals surface area (Å²) in [7, 11) is 0. The molecular formula is C43H68O21. The van der Waals surface area contributed by atoms with E-state index >= 15 is 0 Å². The molecule has 0 N–H and O–H groups in total. The highest BCUT2D eigenvalue weighted by atomic mass is 17.2. The molecule has 64 heavy (non-hydrogen) atoms. The zero-order valence-electron chi connectivity index (χ0n) is 39.8. The zero-order valence-corrected chi connectivity index (χ0v) is 39.8. The smallest absolute Gasteiger partial charge is 0.348 e. The van der Waals surface area contributed by atoms with E-state index in [4.69, 9.17) is 61.9 Å². The molecule has 21 nitrogen and oxygen atoms in total. The molecule has 0 saturated carbocycles. The first-order valence-electron chi connectivity index (χ1n) is 21.1. The van der Waals surface area contributed by atoms with Gasteiger partial charge in [-0.2, -0.15) is 4.89 Å². The van der Waals surface area contributed by atoms with Gasteiger partial charge in [-0.15, -0.1) is 0 Å². The Balaban J connectivity index is 2.67. The van der Waals surface area contributed by atoms with Crippen molar-refractivity contribution >= 4 is 47.8 Å². The molecule has 2 saturated heterocycles. The third-order valence-electron chi connectivity index (χ3n) is 11.1. The first-order chi connectivity index (χ1) is 29.5. The molecule has 21 heteroatoms. The van der Waals surface area contributed by atoms with Crippen LogP contribution in [-0.4, -0.2) is 146 Å². The van der Waals surface area contributed by atoms with Gasteiger partial charge in [0.05, 0.1) is 29.8 Å². The zero-order chi connectivity index (χ0) is 49.1. The minimum atomic E-state index is -1.61. The molecule has 0 aromatic carbocycles. The van der Waals surface area contributed by atoms with Crippen LogP contribution in [0.5, 0.6) is 0 Å². The molecule has 0 aromatic heterocycles. The van der Waals surface area contributed by atoms with Crippen molar-refractivity contribution in [2.45, 2.75) is 196 Å². The summed E-state index contributed by atoms with van der Waals surface area (Å²) in [6.45, 7) is 21.5. The molecular weight excluding hydrogens is 852 g/mol. The van der Waals surface area contributed by atoms with Gasteiger partial charge in [0.1, 0.15) is 37.1 Å². The Morgan fingerprint density at radius 3 is 1.47 bits per heavy atom. The minimum Gasteiger partial charge on any atom is -0.459 e. The summed E-state index contributed by atoms with van der Waals surface area (Å²) in [6, 6.07) is 0. The van der Waals surface area contributed by atoms with E-state index in [-0.39, 0.29) is 25.6 Å². The average molecular weight is 921 g/mol. The van der Waals surface area contributed by atoms with E-state index in [1.165, 1.54) is 20.8 Å². The van der Waals surface area contributed by atoms with E-state index < -0.39 is 138 Å². The highest BCUT2D eigenvalue weighted by Gasteiger charge is 2.58. The van der Waals surface area contributed by atoms with Crippen LogP contribution in [0.4, 0.5) is 0 Å². The van der Waals surface area contributed by atoms with Crippen LogP contribution in [0.2, 0.25) is 0 Å². The van der Waals surface area contributed by atoms with Crippen LogP contribution in [0.1, 0.15) is 117 Å². The molecule has 0 bridgehead atoms. The molecule has 12 unspecified atom stereocenters. The van der Waals surface area contributed by atoms with Gasteiger partial charge in [0.2, 0.25) is 0 Å². The number of esters is 7. The molecule has 0 aliphatic carbocycles. The Morgan fingerprint density at radius 2 is 1.02 bits per heavy atom. The summed E-state index contributed by atoms with van der Waals surface area (Å²) < 4.78 is 65.1. The number of carbonyl (C=O) groups excluding carboxylic acids is 8. The first kappa shape index (κ1) is 55.7. The fourth-order valence-corrected chi connectivity index (χ4v) is 7.23. The molecule has 2 aliphatic heterocycles. The first-order valence-corrected chi connectivity index (χ1v) is 21.1. The number of carbonyl (C=O) groups is 8. The second-order valence-electron chi connectivity index (χ2n) is 17.5. The van der Waals surface area contributed by atoms with Crippen molar-refractivity contribution in [1.29, 1.82) is 0 Å². The molecule has 0 radical (unpaired) electrons. The molecule has 2 aliphatic rings. The number of hydrogen-bond donors (Lipinski definition) is 0. The van der Waals surface area contributed by atoms with Gasteiger partial charge in [-0.05, 0) is 53.9 Å². The summed E-state index contributed by atoms with van der Waals surface area (Å²) in [5.74, 6) is -6.23. The SMILES string of the molecule is CCC(C)(OC1COC(C(C)(C)OC(COOC(=O)C(C)(C)C(C)C)C(OC(C)=O)C(C)OC(C)=O)C(OC(C)=O)C1OC(C)=O)C1OCC(OC(C)=O)C(OC(C)=O)C1OC(C)=O. The maximum absolute atomic E-state index is 13.0. The highest BCUT2D eigenvalue weighted by Crippen LogP contribution is 2.40. The summed E-state index contributed by atoms with van der Waals surface area (Å²) in [4.78, 5) is 111. The van der Waals surface area contributed by atoms with Crippen molar-refractivity contribution in [3.05, 3.63) is 0 Å². The van der Waals surface area contributed by atoms with E-state index in [1.807, 2.05) is 13.8 Å². The molecule has 366 valence electrons. The maximum atomic E-state index is 13.0. The molecule has 2 fully saturated rings. The van der Waals surface area contributed by atoms with Crippen molar-refractivity contribution in [2.75, 3.05) is 19.8 Å². The third kappa shape index (κ3) is 15.6. The van der Waals surface area contributed by atoms with Crippen LogP contribution >= 0.6 is 0 Å². The lowest BCUT2D eigenvalue weighted by Gasteiger charge is -2.51. The van der Waals surface area contributed by atoms with Crippen LogP contribution in [0.25, 0.3) is 0 Å². The molecule has 12 atom stereocenters. The number of rotatable bonds is 21. The molecule has 0 spiro atoms. The fourth-order valence-electron chi connectivity index (χ4n) is 7.23. The highest BCUT2D eigenvalue weighted by molar-refractivity contribution is 5.75. The van der Waals surface area contributed by atoms with E-state index in [0.29, 0.717) is 0 Å². The predicted molar refractivity (Wildman–Crippen MR) is 217 cm³/mol. The van der Waals surface area contributed by atoms with E-state index in [2.05, 4.69) is 0 Å². The number of ether oxygens (including phenoxy) is 11. The van der Waals surface area contributed by atoms with Gasteiger partial charge in [0.25, 0.3) is 0 Å².